The van der Waals surface area contributed by atoms with Crippen molar-refractivity contribution in [2.24, 2.45) is 0 Å². The van der Waals surface area contributed by atoms with Gasteiger partial charge in [0, 0.05) is 26.2 Å². The lowest BCUT2D eigenvalue weighted by Gasteiger charge is -2.28. The number of hydrogen-bond donors (Lipinski definition) is 0. The van der Waals surface area contributed by atoms with Crippen molar-refractivity contribution in [1.82, 2.24) is 30.0 Å². The second-order valence-electron chi connectivity index (χ2n) is 8.87. The van der Waals surface area contributed by atoms with Crippen molar-refractivity contribution in [1.29, 1.82) is 0 Å². The Hall–Kier alpha value is -3.86. The fraction of sp³-hybridized carbons (Fsp3) is 0.417. The number of amides is 3. The molecule has 5 rings (SSSR count). The fourth-order valence-corrected chi connectivity index (χ4v) is 4.69. The van der Waals surface area contributed by atoms with Crippen molar-refractivity contribution < 1.29 is 23.4 Å². The predicted molar refractivity (Wildman–Crippen MR) is 122 cm³/mol. The molecular weight excluding hydrogens is 452 g/mol. The fourth-order valence-electron chi connectivity index (χ4n) is 4.69. The number of aromatic nitrogens is 3. The van der Waals surface area contributed by atoms with Gasteiger partial charge in [-0.1, -0.05) is 22.4 Å². The Morgan fingerprint density at radius 1 is 1.00 bits per heavy atom. The highest BCUT2D eigenvalue weighted by Gasteiger charge is 2.41. The molecule has 0 N–H and O–H groups in total. The zero-order valence-electron chi connectivity index (χ0n) is 19.9. The van der Waals surface area contributed by atoms with Crippen LogP contribution in [0.4, 0.5) is 0 Å². The molecule has 1 fully saturated rings. The van der Waals surface area contributed by atoms with Gasteiger partial charge in [0.25, 0.3) is 17.7 Å². The second-order valence-corrected chi connectivity index (χ2v) is 8.87. The van der Waals surface area contributed by atoms with E-state index in [2.05, 4.69) is 20.2 Å². The van der Waals surface area contributed by atoms with Crippen molar-refractivity contribution in [3.05, 3.63) is 52.7 Å². The summed E-state index contributed by atoms with van der Waals surface area (Å²) >= 11 is 0. The van der Waals surface area contributed by atoms with Gasteiger partial charge < -0.3 is 13.9 Å². The first kappa shape index (κ1) is 22.9. The molecule has 11 nitrogen and oxygen atoms in total. The summed E-state index contributed by atoms with van der Waals surface area (Å²) in [5.41, 5.74) is 2.08. The van der Waals surface area contributed by atoms with E-state index in [0.717, 1.165) is 17.9 Å². The van der Waals surface area contributed by atoms with Crippen LogP contribution in [0.3, 0.4) is 0 Å². The van der Waals surface area contributed by atoms with E-state index in [1.54, 1.807) is 43.0 Å². The minimum atomic E-state index is -0.872. The Labute approximate surface area is 201 Å². The smallest absolute Gasteiger partial charge is 0.263 e. The normalized spacial score (nSPS) is 17.6. The van der Waals surface area contributed by atoms with Crippen molar-refractivity contribution in [2.75, 3.05) is 26.2 Å². The number of imide groups is 1. The van der Waals surface area contributed by atoms with Gasteiger partial charge in [-0.25, -0.2) is 0 Å². The Morgan fingerprint density at radius 2 is 1.71 bits per heavy atom. The number of aryl methyl sites for hydroxylation is 2. The summed E-state index contributed by atoms with van der Waals surface area (Å²) in [7, 11) is 0. The summed E-state index contributed by atoms with van der Waals surface area (Å²) in [6.45, 7) is 8.07. The number of rotatable bonds is 5. The van der Waals surface area contributed by atoms with Gasteiger partial charge in [0.15, 0.2) is 5.82 Å². The first-order valence-electron chi connectivity index (χ1n) is 11.6. The lowest BCUT2D eigenvalue weighted by Crippen LogP contribution is -2.50. The number of hydrogen-bond acceptors (Lipinski definition) is 9. The number of carbonyl (C=O) groups is 3. The summed E-state index contributed by atoms with van der Waals surface area (Å²) < 4.78 is 10.6. The minimum absolute atomic E-state index is 0.235. The third-order valence-electron chi connectivity index (χ3n) is 6.55. The lowest BCUT2D eigenvalue weighted by atomic mass is 10.1. The molecule has 0 aliphatic carbocycles. The van der Waals surface area contributed by atoms with Gasteiger partial charge >= 0.3 is 0 Å². The van der Waals surface area contributed by atoms with E-state index in [1.165, 1.54) is 0 Å². The maximum Gasteiger partial charge on any atom is 0.263 e. The summed E-state index contributed by atoms with van der Waals surface area (Å²) in [5, 5.41) is 8.01. The number of nitrogens with zero attached hydrogens (tertiary/aromatic N) is 6. The predicted octanol–water partition coefficient (Wildman–Crippen LogP) is 2.06. The highest BCUT2D eigenvalue weighted by Crippen LogP contribution is 2.26. The highest BCUT2D eigenvalue weighted by molar-refractivity contribution is 6.22. The molecular formula is C24H26N6O5. The summed E-state index contributed by atoms with van der Waals surface area (Å²) in [5.74, 6) is 0.454. The van der Waals surface area contributed by atoms with E-state index in [9.17, 15) is 14.4 Å². The molecule has 35 heavy (non-hydrogen) atoms. The highest BCUT2D eigenvalue weighted by atomic mass is 16.5. The molecule has 1 aromatic carbocycles. The summed E-state index contributed by atoms with van der Waals surface area (Å²) in [6, 6.07) is 5.79. The maximum absolute atomic E-state index is 13.3. The first-order valence-corrected chi connectivity index (χ1v) is 11.6. The van der Waals surface area contributed by atoms with E-state index in [-0.39, 0.29) is 5.91 Å². The zero-order valence-corrected chi connectivity index (χ0v) is 19.9. The first-order chi connectivity index (χ1) is 16.8. The molecule has 182 valence electrons. The Bertz CT molecular complexity index is 1240. The van der Waals surface area contributed by atoms with Crippen LogP contribution in [0.2, 0.25) is 0 Å². The van der Waals surface area contributed by atoms with Crippen LogP contribution in [-0.2, 0) is 11.3 Å². The van der Waals surface area contributed by atoms with Crippen molar-refractivity contribution in [3.8, 4) is 11.5 Å². The van der Waals surface area contributed by atoms with Gasteiger partial charge in [-0.05, 0) is 39.3 Å². The van der Waals surface area contributed by atoms with E-state index >= 15 is 0 Å². The molecule has 3 amide bonds. The molecule has 3 aromatic rings. The van der Waals surface area contributed by atoms with E-state index in [4.69, 9.17) is 9.05 Å². The van der Waals surface area contributed by atoms with Crippen LogP contribution in [0.1, 0.15) is 51.3 Å². The van der Waals surface area contributed by atoms with Crippen molar-refractivity contribution >= 4 is 17.7 Å². The molecule has 0 saturated carbocycles. The SMILES string of the molecule is Cc1noc(C)c1-c1nc(CN2CCCN(C(=O)C(C)N3C(=O)c4ccccc4C3=O)CC2)no1. The quantitative estimate of drug-likeness (QED) is 0.507. The van der Waals surface area contributed by atoms with Crippen molar-refractivity contribution in [2.45, 2.75) is 39.8 Å². The van der Waals surface area contributed by atoms with Gasteiger partial charge in [-0.3, -0.25) is 24.2 Å². The molecule has 0 bridgehead atoms. The third-order valence-corrected chi connectivity index (χ3v) is 6.55. The van der Waals surface area contributed by atoms with E-state index < -0.39 is 17.9 Å². The summed E-state index contributed by atoms with van der Waals surface area (Å²) in [4.78, 5) is 48.3. The van der Waals surface area contributed by atoms with Gasteiger partial charge in [-0.15, -0.1) is 0 Å². The molecule has 2 aliphatic heterocycles. The topological polar surface area (TPSA) is 126 Å². The average Bonchev–Trinajstić information content (AvgIpc) is 3.44. The Kier molecular flexibility index (Phi) is 5.93. The van der Waals surface area contributed by atoms with Crippen LogP contribution in [0.15, 0.2) is 33.3 Å². The van der Waals surface area contributed by atoms with E-state index in [0.29, 0.717) is 66.0 Å². The third kappa shape index (κ3) is 4.12. The molecule has 1 saturated heterocycles. The zero-order chi connectivity index (χ0) is 24.7. The molecule has 0 radical (unpaired) electrons. The van der Waals surface area contributed by atoms with Gasteiger partial charge in [0.2, 0.25) is 5.91 Å². The molecule has 1 unspecified atom stereocenters. The lowest BCUT2D eigenvalue weighted by molar-refractivity contribution is -0.134. The standard InChI is InChI=1S/C24H26N6O5/c1-14-20(16(3)34-26-14)21-25-19(27-35-21)13-28-9-6-10-29(12-11-28)22(31)15(2)30-23(32)17-7-4-5-8-18(17)24(30)33/h4-5,7-8,15H,6,9-13H2,1-3H3. The minimum Gasteiger partial charge on any atom is -0.361 e. The van der Waals surface area contributed by atoms with Crippen LogP contribution < -0.4 is 0 Å². The van der Waals surface area contributed by atoms with Crippen LogP contribution in [-0.4, -0.2) is 79.9 Å². The van der Waals surface area contributed by atoms with Crippen LogP contribution in [0.25, 0.3) is 11.5 Å². The molecule has 4 heterocycles. The number of carbonyl (C=O) groups excluding carboxylic acids is 3. The molecule has 11 heteroatoms. The second kappa shape index (κ2) is 9.06. The monoisotopic (exact) mass is 478 g/mol. The molecule has 0 spiro atoms. The van der Waals surface area contributed by atoms with Crippen LogP contribution >= 0.6 is 0 Å². The van der Waals surface area contributed by atoms with Crippen LogP contribution in [0, 0.1) is 13.8 Å². The van der Waals surface area contributed by atoms with Crippen LogP contribution in [0.5, 0.6) is 0 Å². The largest absolute Gasteiger partial charge is 0.361 e. The van der Waals surface area contributed by atoms with Gasteiger partial charge in [0.1, 0.15) is 17.4 Å². The van der Waals surface area contributed by atoms with Crippen molar-refractivity contribution in [3.63, 3.8) is 0 Å². The summed E-state index contributed by atoms with van der Waals surface area (Å²) in [6.07, 6.45) is 0.745. The molecule has 2 aromatic heterocycles. The maximum atomic E-state index is 13.3. The Morgan fingerprint density at radius 3 is 2.37 bits per heavy atom. The Balaban J connectivity index is 1.21. The van der Waals surface area contributed by atoms with E-state index in [1.807, 2.05) is 6.92 Å². The number of benzene rings is 1. The van der Waals surface area contributed by atoms with Gasteiger partial charge in [-0.2, -0.15) is 4.98 Å². The van der Waals surface area contributed by atoms with Gasteiger partial charge in [0.05, 0.1) is 23.4 Å². The molecule has 1 atom stereocenters. The average molecular weight is 479 g/mol. The molecule has 2 aliphatic rings. The number of fused-ring (bicyclic) bond motifs is 1.